The number of nitrogens with zero attached hydrogens (tertiary/aromatic N) is 1. The molecule has 0 bridgehead atoms. The molecular weight excluding hydrogens is 379 g/mol. The molecule has 21 heavy (non-hydrogen) atoms. The Kier molecular flexibility index (Phi) is 5.74. The van der Waals surface area contributed by atoms with E-state index in [1.807, 2.05) is 42.5 Å². The van der Waals surface area contributed by atoms with E-state index in [4.69, 9.17) is 4.74 Å². The van der Waals surface area contributed by atoms with Crippen LogP contribution in [0.4, 0.5) is 0 Å². The van der Waals surface area contributed by atoms with Crippen LogP contribution in [0.2, 0.25) is 0 Å². The molecule has 0 aliphatic carbocycles. The molecule has 0 aliphatic rings. The van der Waals surface area contributed by atoms with Gasteiger partial charge in [-0.05, 0) is 46.4 Å². The van der Waals surface area contributed by atoms with E-state index in [1.54, 1.807) is 19.4 Å². The van der Waals surface area contributed by atoms with Crippen molar-refractivity contribution in [3.63, 3.8) is 0 Å². The third-order valence-corrected chi connectivity index (χ3v) is 3.72. The fourth-order valence-electron chi connectivity index (χ4n) is 1.70. The summed E-state index contributed by atoms with van der Waals surface area (Å²) in [6.07, 6.45) is 5.51. The number of aromatic nitrogens is 1. The van der Waals surface area contributed by atoms with Gasteiger partial charge in [0.05, 0.1) is 12.7 Å². The van der Waals surface area contributed by atoms with Crippen LogP contribution in [0.1, 0.15) is 15.9 Å². The molecule has 0 saturated heterocycles. The lowest BCUT2D eigenvalue weighted by Crippen LogP contribution is -2.24. The van der Waals surface area contributed by atoms with Gasteiger partial charge in [0.1, 0.15) is 0 Å². The number of hydrogen-bond donors (Lipinski definition) is 1. The Morgan fingerprint density at radius 1 is 1.33 bits per heavy atom. The molecule has 0 fully saturated rings. The molecule has 2 aromatic rings. The average molecular weight is 394 g/mol. The van der Waals surface area contributed by atoms with Gasteiger partial charge >= 0.3 is 0 Å². The second-order valence-electron chi connectivity index (χ2n) is 4.23. The van der Waals surface area contributed by atoms with Crippen LogP contribution in [-0.2, 0) is 0 Å². The van der Waals surface area contributed by atoms with Gasteiger partial charge in [-0.25, -0.2) is 4.98 Å². The van der Waals surface area contributed by atoms with Crippen molar-refractivity contribution in [2.24, 2.45) is 0 Å². The van der Waals surface area contributed by atoms with Crippen molar-refractivity contribution < 1.29 is 9.53 Å². The third kappa shape index (κ3) is 4.56. The first-order chi connectivity index (χ1) is 10.2. The molecule has 1 aromatic carbocycles. The van der Waals surface area contributed by atoms with Crippen LogP contribution in [0, 0.1) is 3.57 Å². The summed E-state index contributed by atoms with van der Waals surface area (Å²) in [7, 11) is 1.58. The van der Waals surface area contributed by atoms with Gasteiger partial charge in [0.2, 0.25) is 5.88 Å². The molecule has 1 N–H and O–H groups in total. The van der Waals surface area contributed by atoms with Gasteiger partial charge in [-0.1, -0.05) is 24.3 Å². The molecule has 0 aliphatic heterocycles. The number of benzene rings is 1. The number of methoxy groups -OCH3 is 1. The lowest BCUT2D eigenvalue weighted by molar-refractivity contribution is 0.0957. The summed E-state index contributed by atoms with van der Waals surface area (Å²) in [5, 5.41) is 2.86. The standard InChI is InChI=1S/C16H15IN2O2/c1-21-15-9-8-12(11-19-15)5-4-10-18-16(20)13-6-2-3-7-14(13)17/h2-9,11H,10H2,1H3,(H,18,20). The van der Waals surface area contributed by atoms with Gasteiger partial charge in [0.15, 0.2) is 0 Å². The molecule has 0 saturated carbocycles. The Bertz CT molecular complexity index is 639. The maximum Gasteiger partial charge on any atom is 0.252 e. The van der Waals surface area contributed by atoms with Crippen molar-refractivity contribution in [3.8, 4) is 5.88 Å². The zero-order chi connectivity index (χ0) is 15.1. The first-order valence-electron chi connectivity index (χ1n) is 6.40. The summed E-state index contributed by atoms with van der Waals surface area (Å²) in [5.74, 6) is 0.511. The number of rotatable bonds is 5. The van der Waals surface area contributed by atoms with Crippen LogP contribution in [0.15, 0.2) is 48.7 Å². The SMILES string of the molecule is COc1ccc(C=CCNC(=O)c2ccccc2I)cn1. The molecule has 108 valence electrons. The number of carbonyl (C=O) groups excluding carboxylic acids is 1. The van der Waals surface area contributed by atoms with Crippen LogP contribution in [0.25, 0.3) is 6.08 Å². The Labute approximate surface area is 137 Å². The first kappa shape index (κ1) is 15.5. The average Bonchev–Trinajstić information content (AvgIpc) is 2.52. The molecule has 0 radical (unpaired) electrons. The summed E-state index contributed by atoms with van der Waals surface area (Å²) < 4.78 is 5.93. The minimum absolute atomic E-state index is 0.0718. The molecule has 4 nitrogen and oxygen atoms in total. The fourth-order valence-corrected chi connectivity index (χ4v) is 2.33. The highest BCUT2D eigenvalue weighted by atomic mass is 127. The number of nitrogens with one attached hydrogen (secondary N) is 1. The summed E-state index contributed by atoms with van der Waals surface area (Å²) >= 11 is 2.15. The van der Waals surface area contributed by atoms with Gasteiger partial charge in [0.25, 0.3) is 5.91 Å². The van der Waals surface area contributed by atoms with Gasteiger partial charge in [0, 0.05) is 22.4 Å². The topological polar surface area (TPSA) is 51.2 Å². The van der Waals surface area contributed by atoms with Crippen LogP contribution in [0.5, 0.6) is 5.88 Å². The summed E-state index contributed by atoms with van der Waals surface area (Å²) in [6, 6.07) is 11.2. The molecule has 1 aromatic heterocycles. The number of carbonyl (C=O) groups is 1. The highest BCUT2D eigenvalue weighted by molar-refractivity contribution is 14.1. The van der Waals surface area contributed by atoms with Gasteiger partial charge in [-0.3, -0.25) is 4.79 Å². The first-order valence-corrected chi connectivity index (χ1v) is 7.48. The molecule has 0 atom stereocenters. The predicted octanol–water partition coefficient (Wildman–Crippen LogP) is 3.14. The van der Waals surface area contributed by atoms with Crippen LogP contribution < -0.4 is 10.1 Å². The Balaban J connectivity index is 1.87. The quantitative estimate of drug-likeness (QED) is 0.793. The summed E-state index contributed by atoms with van der Waals surface area (Å²) in [5.41, 5.74) is 1.65. The second kappa shape index (κ2) is 7.78. The number of ether oxygens (including phenoxy) is 1. The minimum atomic E-state index is -0.0718. The molecular formula is C16H15IN2O2. The van der Waals surface area contributed by atoms with Gasteiger partial charge in [-0.15, -0.1) is 0 Å². The summed E-state index contributed by atoms with van der Waals surface area (Å²) in [6.45, 7) is 0.468. The van der Waals surface area contributed by atoms with E-state index in [9.17, 15) is 4.79 Å². The Morgan fingerprint density at radius 2 is 2.14 bits per heavy atom. The monoisotopic (exact) mass is 394 g/mol. The maximum atomic E-state index is 12.0. The molecule has 0 unspecified atom stereocenters. The smallest absolute Gasteiger partial charge is 0.252 e. The van der Waals surface area contributed by atoms with E-state index in [-0.39, 0.29) is 5.91 Å². The van der Waals surface area contributed by atoms with Crippen LogP contribution in [0.3, 0.4) is 0 Å². The van der Waals surface area contributed by atoms with E-state index in [2.05, 4.69) is 32.9 Å². The van der Waals surface area contributed by atoms with Crippen molar-refractivity contribution in [2.45, 2.75) is 0 Å². The zero-order valence-electron chi connectivity index (χ0n) is 11.5. The Morgan fingerprint density at radius 3 is 2.81 bits per heavy atom. The molecule has 0 spiro atoms. The molecule has 2 rings (SSSR count). The van der Waals surface area contributed by atoms with Gasteiger partial charge < -0.3 is 10.1 Å². The highest BCUT2D eigenvalue weighted by Crippen LogP contribution is 2.11. The van der Waals surface area contributed by atoms with E-state index >= 15 is 0 Å². The minimum Gasteiger partial charge on any atom is -0.481 e. The predicted molar refractivity (Wildman–Crippen MR) is 91.3 cm³/mol. The van der Waals surface area contributed by atoms with Crippen molar-refractivity contribution >= 4 is 34.6 Å². The zero-order valence-corrected chi connectivity index (χ0v) is 13.7. The van der Waals surface area contributed by atoms with E-state index in [0.29, 0.717) is 18.0 Å². The number of halogens is 1. The molecule has 1 amide bonds. The van der Waals surface area contributed by atoms with E-state index in [0.717, 1.165) is 9.13 Å². The van der Waals surface area contributed by atoms with Crippen LogP contribution in [-0.4, -0.2) is 24.5 Å². The van der Waals surface area contributed by atoms with Crippen LogP contribution >= 0.6 is 22.6 Å². The normalized spacial score (nSPS) is 10.6. The maximum absolute atomic E-state index is 12.0. The lowest BCUT2D eigenvalue weighted by Gasteiger charge is -2.04. The second-order valence-corrected chi connectivity index (χ2v) is 5.39. The number of amides is 1. The number of pyridine rings is 1. The third-order valence-electron chi connectivity index (χ3n) is 2.78. The van der Waals surface area contributed by atoms with Crippen molar-refractivity contribution in [3.05, 3.63) is 63.4 Å². The fraction of sp³-hybridized carbons (Fsp3) is 0.125. The molecule has 1 heterocycles. The van der Waals surface area contributed by atoms with E-state index < -0.39 is 0 Å². The number of hydrogen-bond acceptors (Lipinski definition) is 3. The van der Waals surface area contributed by atoms with E-state index in [1.165, 1.54) is 0 Å². The lowest BCUT2D eigenvalue weighted by atomic mass is 10.2. The van der Waals surface area contributed by atoms with Crippen molar-refractivity contribution in [1.82, 2.24) is 10.3 Å². The Hall–Kier alpha value is -1.89. The largest absolute Gasteiger partial charge is 0.481 e. The van der Waals surface area contributed by atoms with Crippen molar-refractivity contribution in [1.29, 1.82) is 0 Å². The molecule has 5 heteroatoms. The van der Waals surface area contributed by atoms with Gasteiger partial charge in [-0.2, -0.15) is 0 Å². The summed E-state index contributed by atoms with van der Waals surface area (Å²) in [4.78, 5) is 16.1. The van der Waals surface area contributed by atoms with Crippen molar-refractivity contribution in [2.75, 3.05) is 13.7 Å². The highest BCUT2D eigenvalue weighted by Gasteiger charge is 2.06.